The van der Waals surface area contributed by atoms with Crippen LogP contribution in [0.25, 0.3) is 56.0 Å². The number of benzene rings is 1. The minimum atomic E-state index is -0.324. The Morgan fingerprint density at radius 2 is 1.87 bits per heavy atom. The number of hydrogen-bond acceptors (Lipinski definition) is 6. The van der Waals surface area contributed by atoms with Crippen LogP contribution in [0, 0.1) is 12.7 Å². The zero-order chi connectivity index (χ0) is 26.2. The first kappa shape index (κ1) is 23.4. The molecule has 5 aromatic heterocycles. The predicted molar refractivity (Wildman–Crippen MR) is 144 cm³/mol. The number of aryl methyl sites for hydroxylation is 1. The van der Waals surface area contributed by atoms with Crippen LogP contribution in [-0.2, 0) is 4.79 Å². The summed E-state index contributed by atoms with van der Waals surface area (Å²) in [5.74, 6) is 0.158. The van der Waals surface area contributed by atoms with Gasteiger partial charge in [-0.3, -0.25) is 19.9 Å². The second kappa shape index (κ2) is 9.47. The van der Waals surface area contributed by atoms with Gasteiger partial charge in [0.05, 0.1) is 28.5 Å². The van der Waals surface area contributed by atoms with Gasteiger partial charge in [-0.2, -0.15) is 5.10 Å². The Balaban J connectivity index is 1.41. The number of hydrogen-bond donors (Lipinski definition) is 3. The van der Waals surface area contributed by atoms with E-state index in [2.05, 4.69) is 35.5 Å². The van der Waals surface area contributed by atoms with Gasteiger partial charge in [-0.25, -0.2) is 14.4 Å². The third-order valence-electron chi connectivity index (χ3n) is 6.19. The standard InChI is InChI=1S/C28H23FN8O/c1-3-4-23(38)33-20-10-17(12-30-14-20)18-11-21-25(36-37-27(21)32-13-18)28-34-22-5-6-31-24(26(22)35-28)16-7-15(2)8-19(29)9-16/h5-14H,3-4H2,1-2H3,(H,33,38)(H,34,35)(H,32,36,37). The van der Waals surface area contributed by atoms with E-state index >= 15 is 0 Å². The Labute approximate surface area is 216 Å². The van der Waals surface area contributed by atoms with Crippen LogP contribution in [0.15, 0.2) is 61.2 Å². The third kappa shape index (κ3) is 4.36. The normalized spacial score (nSPS) is 11.3. The van der Waals surface area contributed by atoms with E-state index in [4.69, 9.17) is 4.98 Å². The molecule has 6 aromatic rings. The number of rotatable bonds is 6. The zero-order valence-corrected chi connectivity index (χ0v) is 20.7. The van der Waals surface area contributed by atoms with E-state index in [9.17, 15) is 9.18 Å². The van der Waals surface area contributed by atoms with Crippen molar-refractivity contribution in [1.29, 1.82) is 0 Å². The van der Waals surface area contributed by atoms with Gasteiger partial charge in [0.25, 0.3) is 0 Å². The lowest BCUT2D eigenvalue weighted by Gasteiger charge is -2.07. The van der Waals surface area contributed by atoms with Crippen molar-refractivity contribution in [2.24, 2.45) is 0 Å². The fourth-order valence-electron chi connectivity index (χ4n) is 4.49. The summed E-state index contributed by atoms with van der Waals surface area (Å²) in [4.78, 5) is 33.4. The second-order valence-electron chi connectivity index (χ2n) is 9.11. The monoisotopic (exact) mass is 506 g/mol. The first-order valence-corrected chi connectivity index (χ1v) is 12.2. The average molecular weight is 507 g/mol. The number of nitrogens with one attached hydrogen (secondary N) is 3. The van der Waals surface area contributed by atoms with Gasteiger partial charge in [-0.05, 0) is 55.3 Å². The molecule has 0 bridgehead atoms. The van der Waals surface area contributed by atoms with Crippen molar-refractivity contribution in [3.63, 3.8) is 0 Å². The molecule has 0 aliphatic rings. The van der Waals surface area contributed by atoms with Crippen molar-refractivity contribution < 1.29 is 9.18 Å². The van der Waals surface area contributed by atoms with Crippen molar-refractivity contribution >= 4 is 33.7 Å². The summed E-state index contributed by atoms with van der Waals surface area (Å²) in [6.45, 7) is 3.80. The molecule has 0 unspecified atom stereocenters. The van der Waals surface area contributed by atoms with Gasteiger partial charge < -0.3 is 10.3 Å². The van der Waals surface area contributed by atoms with Crippen LogP contribution in [0.3, 0.4) is 0 Å². The van der Waals surface area contributed by atoms with E-state index in [0.717, 1.165) is 34.0 Å². The molecule has 0 aliphatic carbocycles. The number of halogens is 1. The highest BCUT2D eigenvalue weighted by Crippen LogP contribution is 2.32. The average Bonchev–Trinajstić information content (AvgIpc) is 3.52. The Morgan fingerprint density at radius 3 is 2.71 bits per heavy atom. The Kier molecular flexibility index (Phi) is 5.83. The number of fused-ring (bicyclic) bond motifs is 2. The fourth-order valence-corrected chi connectivity index (χ4v) is 4.49. The lowest BCUT2D eigenvalue weighted by molar-refractivity contribution is -0.116. The van der Waals surface area contributed by atoms with E-state index in [1.165, 1.54) is 12.1 Å². The quantitative estimate of drug-likeness (QED) is 0.262. The highest BCUT2D eigenvalue weighted by molar-refractivity contribution is 5.96. The molecule has 1 aromatic carbocycles. The van der Waals surface area contributed by atoms with E-state index in [0.29, 0.717) is 46.0 Å². The summed E-state index contributed by atoms with van der Waals surface area (Å²) in [6.07, 6.45) is 7.95. The zero-order valence-electron chi connectivity index (χ0n) is 20.7. The van der Waals surface area contributed by atoms with Gasteiger partial charge in [0.2, 0.25) is 5.91 Å². The molecule has 0 radical (unpaired) electrons. The highest BCUT2D eigenvalue weighted by Gasteiger charge is 2.17. The smallest absolute Gasteiger partial charge is 0.224 e. The lowest BCUT2D eigenvalue weighted by atomic mass is 10.1. The van der Waals surface area contributed by atoms with Crippen molar-refractivity contribution in [1.82, 2.24) is 35.1 Å². The Bertz CT molecular complexity index is 1800. The van der Waals surface area contributed by atoms with Crippen molar-refractivity contribution in [2.75, 3.05) is 5.32 Å². The second-order valence-corrected chi connectivity index (χ2v) is 9.11. The van der Waals surface area contributed by atoms with Crippen LogP contribution in [0.2, 0.25) is 0 Å². The third-order valence-corrected chi connectivity index (χ3v) is 6.19. The van der Waals surface area contributed by atoms with Crippen LogP contribution in [0.5, 0.6) is 0 Å². The molecule has 5 heterocycles. The molecular formula is C28H23FN8O. The number of anilines is 1. The molecule has 0 spiro atoms. The molecule has 6 rings (SSSR count). The van der Waals surface area contributed by atoms with Gasteiger partial charge in [-0.1, -0.05) is 6.92 Å². The maximum Gasteiger partial charge on any atom is 0.224 e. The van der Waals surface area contributed by atoms with Gasteiger partial charge >= 0.3 is 0 Å². The molecular weight excluding hydrogens is 483 g/mol. The Hall–Kier alpha value is -4.99. The molecule has 188 valence electrons. The fraction of sp³-hybridized carbons (Fsp3) is 0.143. The molecule has 0 atom stereocenters. The summed E-state index contributed by atoms with van der Waals surface area (Å²) < 4.78 is 14.1. The van der Waals surface area contributed by atoms with Crippen LogP contribution >= 0.6 is 0 Å². The lowest BCUT2D eigenvalue weighted by Crippen LogP contribution is -2.10. The molecule has 0 saturated carbocycles. The summed E-state index contributed by atoms with van der Waals surface area (Å²) in [6, 6.07) is 10.5. The van der Waals surface area contributed by atoms with Gasteiger partial charge in [0.1, 0.15) is 17.0 Å². The summed E-state index contributed by atoms with van der Waals surface area (Å²) in [7, 11) is 0. The number of carbonyl (C=O) groups excluding carboxylic acids is 1. The number of imidazole rings is 1. The number of aromatic nitrogens is 7. The van der Waals surface area contributed by atoms with E-state index in [1.54, 1.807) is 24.8 Å². The van der Waals surface area contributed by atoms with Crippen molar-refractivity contribution in [2.45, 2.75) is 26.7 Å². The molecule has 0 fully saturated rings. The largest absolute Gasteiger partial charge is 0.336 e. The molecule has 9 nitrogen and oxygen atoms in total. The molecule has 3 N–H and O–H groups in total. The van der Waals surface area contributed by atoms with Gasteiger partial charge in [0, 0.05) is 41.7 Å². The number of H-pyrrole nitrogens is 2. The summed E-state index contributed by atoms with van der Waals surface area (Å²) in [5, 5.41) is 11.1. The van der Waals surface area contributed by atoms with E-state index in [1.807, 2.05) is 38.1 Å². The maximum absolute atomic E-state index is 14.1. The van der Waals surface area contributed by atoms with Crippen LogP contribution in [0.4, 0.5) is 10.1 Å². The number of carbonyl (C=O) groups is 1. The van der Waals surface area contributed by atoms with E-state index in [-0.39, 0.29) is 11.7 Å². The van der Waals surface area contributed by atoms with Crippen LogP contribution in [0.1, 0.15) is 25.3 Å². The van der Waals surface area contributed by atoms with Crippen LogP contribution < -0.4 is 5.32 Å². The number of pyridine rings is 3. The highest BCUT2D eigenvalue weighted by atomic mass is 19.1. The predicted octanol–water partition coefficient (Wildman–Crippen LogP) is 5.81. The molecule has 0 aliphatic heterocycles. The minimum Gasteiger partial charge on any atom is -0.336 e. The van der Waals surface area contributed by atoms with Crippen LogP contribution in [-0.4, -0.2) is 41.0 Å². The van der Waals surface area contributed by atoms with Gasteiger partial charge in [-0.15, -0.1) is 0 Å². The SMILES string of the molecule is CCCC(=O)Nc1cncc(-c2cnc3[nH]nc(-c4nc5c(-c6cc(C)cc(F)c6)nccc5[nH]4)c3c2)c1. The number of nitrogens with zero attached hydrogens (tertiary/aromatic N) is 5. The molecule has 10 heteroatoms. The van der Waals surface area contributed by atoms with Gasteiger partial charge in [0.15, 0.2) is 11.5 Å². The topological polar surface area (TPSA) is 125 Å². The maximum atomic E-state index is 14.1. The molecule has 0 saturated heterocycles. The van der Waals surface area contributed by atoms with E-state index < -0.39 is 0 Å². The first-order chi connectivity index (χ1) is 18.5. The van der Waals surface area contributed by atoms with Crippen molar-refractivity contribution in [3.05, 3.63) is 72.6 Å². The number of aromatic amines is 2. The molecule has 38 heavy (non-hydrogen) atoms. The first-order valence-electron chi connectivity index (χ1n) is 12.2. The minimum absolute atomic E-state index is 0.0516. The summed E-state index contributed by atoms with van der Waals surface area (Å²) >= 11 is 0. The number of amides is 1. The summed E-state index contributed by atoms with van der Waals surface area (Å²) in [5.41, 5.74) is 6.84. The Morgan fingerprint density at radius 1 is 1.00 bits per heavy atom. The van der Waals surface area contributed by atoms with Crippen molar-refractivity contribution in [3.8, 4) is 33.9 Å². The molecule has 1 amide bonds.